The molecule has 20 heavy (non-hydrogen) atoms. The minimum absolute atomic E-state index is 0.499. The van der Waals surface area contributed by atoms with Crippen LogP contribution in [-0.4, -0.2) is 32.2 Å². The lowest BCUT2D eigenvalue weighted by Gasteiger charge is -2.45. The van der Waals surface area contributed by atoms with Gasteiger partial charge in [-0.25, -0.2) is 0 Å². The van der Waals surface area contributed by atoms with E-state index in [9.17, 15) is 0 Å². The fourth-order valence-electron chi connectivity index (χ4n) is 3.88. The zero-order chi connectivity index (χ0) is 13.5. The van der Waals surface area contributed by atoms with E-state index >= 15 is 0 Å². The second kappa shape index (κ2) is 4.88. The molecule has 2 aromatic heterocycles. The lowest BCUT2D eigenvalue weighted by atomic mass is 9.78. The van der Waals surface area contributed by atoms with Crippen molar-refractivity contribution in [3.8, 4) is 0 Å². The van der Waals surface area contributed by atoms with Crippen molar-refractivity contribution >= 4 is 23.2 Å². The number of hydrogen-bond acceptors (Lipinski definition) is 4. The van der Waals surface area contributed by atoms with Gasteiger partial charge in [-0.05, 0) is 31.6 Å². The first-order chi connectivity index (χ1) is 9.83. The summed E-state index contributed by atoms with van der Waals surface area (Å²) in [7, 11) is 0. The van der Waals surface area contributed by atoms with Crippen molar-refractivity contribution in [2.75, 3.05) is 11.4 Å². The van der Waals surface area contributed by atoms with Crippen molar-refractivity contribution in [2.45, 2.75) is 44.6 Å². The van der Waals surface area contributed by atoms with Crippen LogP contribution < -0.4 is 4.90 Å². The number of aromatic nitrogens is 4. The zero-order valence-corrected chi connectivity index (χ0v) is 12.1. The van der Waals surface area contributed by atoms with E-state index in [0.29, 0.717) is 17.0 Å². The molecule has 2 unspecified atom stereocenters. The summed E-state index contributed by atoms with van der Waals surface area (Å²) in [5.74, 6) is 2.46. The van der Waals surface area contributed by atoms with E-state index in [1.165, 1.54) is 38.5 Å². The molecule has 2 aromatic rings. The van der Waals surface area contributed by atoms with Crippen molar-refractivity contribution in [3.63, 3.8) is 0 Å². The summed E-state index contributed by atoms with van der Waals surface area (Å²) in [6, 6.07) is 2.56. The maximum Gasteiger partial charge on any atom is 0.255 e. The molecule has 5 nitrogen and oxygen atoms in total. The van der Waals surface area contributed by atoms with Gasteiger partial charge in [-0.3, -0.25) is 0 Å². The lowest BCUT2D eigenvalue weighted by Crippen LogP contribution is -2.47. The van der Waals surface area contributed by atoms with Gasteiger partial charge in [-0.15, -0.1) is 0 Å². The molecular weight excluding hydrogens is 274 g/mol. The molecule has 0 amide bonds. The maximum absolute atomic E-state index is 6.16. The normalized spacial score (nSPS) is 26.8. The van der Waals surface area contributed by atoms with Crippen LogP contribution in [0.4, 0.5) is 5.82 Å². The van der Waals surface area contributed by atoms with E-state index < -0.39 is 0 Å². The second-order valence-corrected chi connectivity index (χ2v) is 6.24. The number of rotatable bonds is 1. The third-order valence-electron chi connectivity index (χ3n) is 4.74. The van der Waals surface area contributed by atoms with Crippen molar-refractivity contribution < 1.29 is 0 Å². The predicted octanol–water partition coefficient (Wildman–Crippen LogP) is 2.94. The minimum atomic E-state index is 0.499. The Kier molecular flexibility index (Phi) is 3.02. The fraction of sp³-hybridized carbons (Fsp3) is 0.643. The minimum Gasteiger partial charge on any atom is -0.353 e. The highest BCUT2D eigenvalue weighted by molar-refractivity contribution is 6.29. The Morgan fingerprint density at radius 1 is 1.15 bits per heavy atom. The van der Waals surface area contributed by atoms with Gasteiger partial charge in [0.1, 0.15) is 17.3 Å². The molecular formula is C14H18ClN5. The molecule has 0 aromatic carbocycles. The molecule has 0 bridgehead atoms. The maximum atomic E-state index is 6.16. The van der Waals surface area contributed by atoms with Crippen LogP contribution in [0.3, 0.4) is 0 Å². The van der Waals surface area contributed by atoms with Gasteiger partial charge in [0.15, 0.2) is 0 Å². The monoisotopic (exact) mass is 291 g/mol. The van der Waals surface area contributed by atoms with Gasteiger partial charge in [-0.2, -0.15) is 19.6 Å². The van der Waals surface area contributed by atoms with Crippen LogP contribution in [0.25, 0.3) is 5.78 Å². The van der Waals surface area contributed by atoms with E-state index in [0.717, 1.165) is 18.3 Å². The summed E-state index contributed by atoms with van der Waals surface area (Å²) in [6.45, 7) is 1.08. The molecule has 6 heteroatoms. The molecule has 106 valence electrons. The molecule has 2 fully saturated rings. The Labute approximate surface area is 123 Å². The van der Waals surface area contributed by atoms with E-state index in [1.807, 2.05) is 10.6 Å². The first-order valence-corrected chi connectivity index (χ1v) is 7.83. The van der Waals surface area contributed by atoms with Gasteiger partial charge in [0.2, 0.25) is 0 Å². The van der Waals surface area contributed by atoms with Gasteiger partial charge < -0.3 is 4.90 Å². The molecule has 0 N–H and O–H groups in total. The number of halogens is 1. The van der Waals surface area contributed by atoms with Crippen LogP contribution in [0.15, 0.2) is 12.4 Å². The van der Waals surface area contributed by atoms with Gasteiger partial charge in [0, 0.05) is 18.7 Å². The SMILES string of the molecule is Clc1cc(N2CCCC3CCCCC32)n2ncnc2n1. The highest BCUT2D eigenvalue weighted by atomic mass is 35.5. The van der Waals surface area contributed by atoms with Crippen molar-refractivity contribution in [1.29, 1.82) is 0 Å². The van der Waals surface area contributed by atoms with E-state index in [1.54, 1.807) is 6.33 Å². The largest absolute Gasteiger partial charge is 0.353 e. The molecule has 1 aliphatic carbocycles. The molecule has 1 saturated carbocycles. The highest BCUT2D eigenvalue weighted by Crippen LogP contribution is 2.37. The van der Waals surface area contributed by atoms with Crippen LogP contribution in [-0.2, 0) is 0 Å². The summed E-state index contributed by atoms with van der Waals surface area (Å²) in [5.41, 5.74) is 0. The van der Waals surface area contributed by atoms with Crippen LogP contribution in [0, 0.1) is 5.92 Å². The molecule has 4 rings (SSSR count). The molecule has 1 aliphatic heterocycles. The van der Waals surface area contributed by atoms with Gasteiger partial charge >= 0.3 is 0 Å². The first-order valence-electron chi connectivity index (χ1n) is 7.46. The number of anilines is 1. The number of nitrogens with zero attached hydrogens (tertiary/aromatic N) is 5. The Balaban J connectivity index is 1.79. The van der Waals surface area contributed by atoms with Crippen LogP contribution in [0.5, 0.6) is 0 Å². The topological polar surface area (TPSA) is 46.3 Å². The standard InChI is InChI=1S/C14H18ClN5/c15-12-8-13(20-14(18-12)16-9-17-20)19-7-3-5-10-4-1-2-6-11(10)19/h8-11H,1-7H2. The third-order valence-corrected chi connectivity index (χ3v) is 4.93. The molecule has 2 atom stereocenters. The van der Waals surface area contributed by atoms with Crippen LogP contribution in [0.2, 0.25) is 5.15 Å². The molecule has 0 spiro atoms. The summed E-state index contributed by atoms with van der Waals surface area (Å²) >= 11 is 6.16. The van der Waals surface area contributed by atoms with Crippen LogP contribution >= 0.6 is 11.6 Å². The number of piperidine rings is 1. The highest BCUT2D eigenvalue weighted by Gasteiger charge is 2.34. The van der Waals surface area contributed by atoms with Gasteiger partial charge in [0.05, 0.1) is 0 Å². The lowest BCUT2D eigenvalue weighted by molar-refractivity contribution is 0.242. The molecule has 2 aliphatic rings. The van der Waals surface area contributed by atoms with Gasteiger partial charge in [0.25, 0.3) is 5.78 Å². The summed E-state index contributed by atoms with van der Waals surface area (Å²) in [5, 5.41) is 4.81. The molecule has 3 heterocycles. The zero-order valence-electron chi connectivity index (χ0n) is 11.4. The van der Waals surface area contributed by atoms with Crippen molar-refractivity contribution in [1.82, 2.24) is 19.6 Å². The Hall–Kier alpha value is -1.36. The summed E-state index contributed by atoms with van der Waals surface area (Å²) in [4.78, 5) is 10.9. The Morgan fingerprint density at radius 3 is 2.95 bits per heavy atom. The summed E-state index contributed by atoms with van der Waals surface area (Å²) in [6.07, 6.45) is 9.51. The Bertz CT molecular complexity index is 623. The Morgan fingerprint density at radius 2 is 2.00 bits per heavy atom. The second-order valence-electron chi connectivity index (χ2n) is 5.86. The third kappa shape index (κ3) is 1.95. The average molecular weight is 292 g/mol. The quantitative estimate of drug-likeness (QED) is 0.758. The number of hydrogen-bond donors (Lipinski definition) is 0. The van der Waals surface area contributed by atoms with Crippen LogP contribution in [0.1, 0.15) is 38.5 Å². The smallest absolute Gasteiger partial charge is 0.255 e. The van der Waals surface area contributed by atoms with E-state index in [2.05, 4.69) is 20.0 Å². The number of fused-ring (bicyclic) bond motifs is 2. The summed E-state index contributed by atoms with van der Waals surface area (Å²) < 4.78 is 1.82. The average Bonchev–Trinajstić information content (AvgIpc) is 2.94. The van der Waals surface area contributed by atoms with Crippen molar-refractivity contribution in [2.24, 2.45) is 5.92 Å². The molecule has 0 radical (unpaired) electrons. The fourth-order valence-corrected chi connectivity index (χ4v) is 4.06. The van der Waals surface area contributed by atoms with E-state index in [4.69, 9.17) is 11.6 Å². The first kappa shape index (κ1) is 12.4. The predicted molar refractivity (Wildman–Crippen MR) is 78.1 cm³/mol. The van der Waals surface area contributed by atoms with E-state index in [-0.39, 0.29) is 0 Å². The van der Waals surface area contributed by atoms with Gasteiger partial charge in [-0.1, -0.05) is 24.4 Å². The van der Waals surface area contributed by atoms with Crippen molar-refractivity contribution in [3.05, 3.63) is 17.5 Å². The molecule has 1 saturated heterocycles.